The van der Waals surface area contributed by atoms with Crippen molar-refractivity contribution in [2.45, 2.75) is 13.3 Å². The Hall–Kier alpha value is -2.91. The highest BCUT2D eigenvalue weighted by atomic mass is 32.2. The summed E-state index contributed by atoms with van der Waals surface area (Å²) in [5.74, 6) is -0.695. The highest BCUT2D eigenvalue weighted by Crippen LogP contribution is 2.20. The number of hydrogen-bond acceptors (Lipinski definition) is 5. The first-order chi connectivity index (χ1) is 13.7. The minimum Gasteiger partial charge on any atom is -0.385 e. The summed E-state index contributed by atoms with van der Waals surface area (Å²) >= 11 is 0. The van der Waals surface area contributed by atoms with Crippen LogP contribution in [0.5, 0.6) is 0 Å². The number of hydrogen-bond donors (Lipinski definition) is 3. The number of ether oxygens (including phenoxy) is 1. The minimum absolute atomic E-state index is 0.291. The molecule has 0 aliphatic rings. The van der Waals surface area contributed by atoms with Gasteiger partial charge in [-0.15, -0.1) is 0 Å². The van der Waals surface area contributed by atoms with Crippen LogP contribution in [0.15, 0.2) is 42.5 Å². The number of nitrogens with one attached hydrogen (secondary N) is 3. The Bertz CT molecular complexity index is 989. The number of para-hydroxylation sites is 1. The molecule has 2 aromatic rings. The van der Waals surface area contributed by atoms with Gasteiger partial charge in [-0.25, -0.2) is 8.42 Å². The van der Waals surface area contributed by atoms with Gasteiger partial charge in [0.15, 0.2) is 0 Å². The Labute approximate surface area is 170 Å². The van der Waals surface area contributed by atoms with Crippen molar-refractivity contribution in [3.8, 4) is 0 Å². The molecule has 0 aliphatic heterocycles. The average Bonchev–Trinajstić information content (AvgIpc) is 2.66. The first-order valence-electron chi connectivity index (χ1n) is 8.97. The Morgan fingerprint density at radius 3 is 2.41 bits per heavy atom. The molecule has 0 saturated carbocycles. The lowest BCUT2D eigenvalue weighted by molar-refractivity contribution is 0.0949. The summed E-state index contributed by atoms with van der Waals surface area (Å²) in [7, 11) is -1.82. The number of anilines is 2. The third-order valence-corrected chi connectivity index (χ3v) is 4.61. The molecule has 0 aromatic heterocycles. The summed E-state index contributed by atoms with van der Waals surface area (Å²) < 4.78 is 30.1. The van der Waals surface area contributed by atoms with Gasteiger partial charge in [-0.1, -0.05) is 12.1 Å². The predicted molar refractivity (Wildman–Crippen MR) is 113 cm³/mol. The van der Waals surface area contributed by atoms with Gasteiger partial charge in [0.2, 0.25) is 10.0 Å². The Morgan fingerprint density at radius 2 is 1.76 bits per heavy atom. The van der Waals surface area contributed by atoms with Gasteiger partial charge in [-0.2, -0.15) is 0 Å². The van der Waals surface area contributed by atoms with E-state index < -0.39 is 15.9 Å². The first kappa shape index (κ1) is 22.4. The van der Waals surface area contributed by atoms with E-state index in [9.17, 15) is 18.0 Å². The topological polar surface area (TPSA) is 114 Å². The number of sulfonamides is 1. The SMILES string of the molecule is COCCCNC(=O)c1ccccc1NC(=O)c1ccc(NS(C)(=O)=O)c(C)c1. The van der Waals surface area contributed by atoms with Crippen molar-refractivity contribution in [2.75, 3.05) is 36.6 Å². The van der Waals surface area contributed by atoms with E-state index in [1.165, 1.54) is 12.1 Å². The molecule has 3 N–H and O–H groups in total. The molecule has 29 heavy (non-hydrogen) atoms. The monoisotopic (exact) mass is 419 g/mol. The third-order valence-electron chi connectivity index (χ3n) is 4.01. The van der Waals surface area contributed by atoms with Gasteiger partial charge in [0.05, 0.1) is 23.2 Å². The highest BCUT2D eigenvalue weighted by molar-refractivity contribution is 7.92. The molecule has 2 rings (SSSR count). The Kier molecular flexibility index (Phi) is 7.74. The molecule has 0 spiro atoms. The lowest BCUT2D eigenvalue weighted by Gasteiger charge is -2.13. The van der Waals surface area contributed by atoms with Crippen molar-refractivity contribution in [2.24, 2.45) is 0 Å². The predicted octanol–water partition coefficient (Wildman–Crippen LogP) is 2.39. The number of rotatable bonds is 9. The minimum atomic E-state index is -3.41. The summed E-state index contributed by atoms with van der Waals surface area (Å²) in [6, 6.07) is 11.3. The van der Waals surface area contributed by atoms with Gasteiger partial charge < -0.3 is 15.4 Å². The van der Waals surface area contributed by atoms with Gasteiger partial charge in [-0.05, 0) is 49.2 Å². The van der Waals surface area contributed by atoms with Crippen molar-refractivity contribution in [1.82, 2.24) is 5.32 Å². The normalized spacial score (nSPS) is 11.0. The summed E-state index contributed by atoms with van der Waals surface area (Å²) in [5, 5.41) is 5.53. The lowest BCUT2D eigenvalue weighted by Crippen LogP contribution is -2.26. The molecule has 156 valence electrons. The largest absolute Gasteiger partial charge is 0.385 e. The molecule has 2 aromatic carbocycles. The number of aryl methyl sites for hydroxylation is 1. The molecule has 0 atom stereocenters. The molecule has 8 nitrogen and oxygen atoms in total. The fourth-order valence-corrected chi connectivity index (χ4v) is 3.25. The maximum Gasteiger partial charge on any atom is 0.255 e. The molecule has 0 saturated heterocycles. The van der Waals surface area contributed by atoms with Crippen molar-refractivity contribution >= 4 is 33.2 Å². The van der Waals surface area contributed by atoms with Crippen LogP contribution in [0.4, 0.5) is 11.4 Å². The van der Waals surface area contributed by atoms with Gasteiger partial charge >= 0.3 is 0 Å². The standard InChI is InChI=1S/C20H25N3O5S/c1-14-13-15(9-10-17(14)23-29(3,26)27)19(24)22-18-8-5-4-7-16(18)20(25)21-11-6-12-28-2/h4-5,7-10,13,23H,6,11-12H2,1-3H3,(H,21,25)(H,22,24). The maximum atomic E-state index is 12.6. The van der Waals surface area contributed by atoms with Crippen LogP contribution in [0.25, 0.3) is 0 Å². The van der Waals surface area contributed by atoms with E-state index in [-0.39, 0.29) is 5.91 Å². The molecule has 0 heterocycles. The highest BCUT2D eigenvalue weighted by Gasteiger charge is 2.15. The molecular formula is C20H25N3O5S. The van der Waals surface area contributed by atoms with Gasteiger partial charge in [0.1, 0.15) is 0 Å². The second-order valence-corrected chi connectivity index (χ2v) is 8.25. The van der Waals surface area contributed by atoms with Crippen LogP contribution in [0.1, 0.15) is 32.7 Å². The van der Waals surface area contributed by atoms with E-state index in [0.29, 0.717) is 47.6 Å². The van der Waals surface area contributed by atoms with Crippen LogP contribution >= 0.6 is 0 Å². The fourth-order valence-electron chi connectivity index (χ4n) is 2.62. The van der Waals surface area contributed by atoms with E-state index in [1.807, 2.05) is 0 Å². The zero-order valence-corrected chi connectivity index (χ0v) is 17.4. The van der Waals surface area contributed by atoms with E-state index >= 15 is 0 Å². The number of carbonyl (C=O) groups excluding carboxylic acids is 2. The van der Waals surface area contributed by atoms with Crippen molar-refractivity contribution in [1.29, 1.82) is 0 Å². The van der Waals surface area contributed by atoms with E-state index in [4.69, 9.17) is 4.74 Å². The van der Waals surface area contributed by atoms with Crippen molar-refractivity contribution < 1.29 is 22.7 Å². The van der Waals surface area contributed by atoms with Crippen LogP contribution in [-0.2, 0) is 14.8 Å². The zero-order chi connectivity index (χ0) is 21.4. The summed E-state index contributed by atoms with van der Waals surface area (Å²) in [4.78, 5) is 25.0. The molecule has 0 radical (unpaired) electrons. The lowest BCUT2D eigenvalue weighted by atomic mass is 10.1. The maximum absolute atomic E-state index is 12.6. The van der Waals surface area contributed by atoms with E-state index in [2.05, 4.69) is 15.4 Å². The summed E-state index contributed by atoms with van der Waals surface area (Å²) in [6.45, 7) is 2.71. The van der Waals surface area contributed by atoms with Gasteiger partial charge in [0.25, 0.3) is 11.8 Å². The second kappa shape index (κ2) is 10.0. The van der Waals surface area contributed by atoms with Crippen LogP contribution in [-0.4, -0.2) is 46.7 Å². The first-order valence-corrected chi connectivity index (χ1v) is 10.9. The number of benzene rings is 2. The summed E-state index contributed by atoms with van der Waals surface area (Å²) in [5.41, 5.74) is 2.09. The molecule has 9 heteroatoms. The summed E-state index contributed by atoms with van der Waals surface area (Å²) in [6.07, 6.45) is 1.74. The van der Waals surface area contributed by atoms with Crippen LogP contribution in [0.2, 0.25) is 0 Å². The van der Waals surface area contributed by atoms with Crippen LogP contribution < -0.4 is 15.4 Å². The second-order valence-electron chi connectivity index (χ2n) is 6.51. The number of methoxy groups -OCH3 is 1. The third kappa shape index (κ3) is 6.88. The van der Waals surface area contributed by atoms with E-state index in [0.717, 1.165) is 6.26 Å². The average molecular weight is 420 g/mol. The molecular weight excluding hydrogens is 394 g/mol. The van der Waals surface area contributed by atoms with Crippen LogP contribution in [0, 0.1) is 6.92 Å². The molecule has 0 unspecified atom stereocenters. The zero-order valence-electron chi connectivity index (χ0n) is 16.6. The smallest absolute Gasteiger partial charge is 0.255 e. The molecule has 0 bridgehead atoms. The van der Waals surface area contributed by atoms with Crippen molar-refractivity contribution in [3.05, 3.63) is 59.2 Å². The van der Waals surface area contributed by atoms with Crippen molar-refractivity contribution in [3.63, 3.8) is 0 Å². The fraction of sp³-hybridized carbons (Fsp3) is 0.300. The van der Waals surface area contributed by atoms with Gasteiger partial charge in [0, 0.05) is 25.8 Å². The van der Waals surface area contributed by atoms with Crippen LogP contribution in [0.3, 0.4) is 0 Å². The number of amides is 2. The Balaban J connectivity index is 2.13. The van der Waals surface area contributed by atoms with Gasteiger partial charge in [-0.3, -0.25) is 14.3 Å². The van der Waals surface area contributed by atoms with E-state index in [1.54, 1.807) is 44.4 Å². The quantitative estimate of drug-likeness (QED) is 0.540. The molecule has 0 fully saturated rings. The molecule has 0 aliphatic carbocycles. The molecule has 2 amide bonds. The number of carbonyl (C=O) groups is 2. The Morgan fingerprint density at radius 1 is 1.03 bits per heavy atom.